The molecule has 0 atom stereocenters. The highest BCUT2D eigenvalue weighted by atomic mass is 32.1. The molecule has 0 aromatic carbocycles. The van der Waals surface area contributed by atoms with E-state index in [-0.39, 0.29) is 0 Å². The van der Waals surface area contributed by atoms with Crippen LogP contribution in [-0.4, -0.2) is 9.97 Å². The summed E-state index contributed by atoms with van der Waals surface area (Å²) in [6.07, 6.45) is 0. The molecule has 80 valence electrons. The van der Waals surface area contributed by atoms with Gasteiger partial charge in [-0.05, 0) is 20.8 Å². The Labute approximate surface area is 97.0 Å². The minimum Gasteiger partial charge on any atom is -0.325 e. The highest BCUT2D eigenvalue weighted by molar-refractivity contribution is 7.16. The van der Waals surface area contributed by atoms with Crippen LogP contribution in [0.3, 0.4) is 0 Å². The van der Waals surface area contributed by atoms with Gasteiger partial charge in [-0.2, -0.15) is 0 Å². The number of hydrogen-bond acceptors (Lipinski definition) is 5. The minimum absolute atomic E-state index is 0.516. The average Bonchev–Trinajstić information content (AvgIpc) is 2.69. The fourth-order valence-corrected chi connectivity index (χ4v) is 3.35. The summed E-state index contributed by atoms with van der Waals surface area (Å²) < 4.78 is 0. The van der Waals surface area contributed by atoms with Crippen LogP contribution in [0.25, 0.3) is 10.6 Å². The molecule has 0 amide bonds. The SMILES string of the molecule is Cc1nc(C)c(-c2nc(CN)sc2C)s1. The summed E-state index contributed by atoms with van der Waals surface area (Å²) in [7, 11) is 0. The Bertz CT molecular complexity index is 485. The zero-order chi connectivity index (χ0) is 11.0. The molecule has 2 aromatic heterocycles. The highest BCUT2D eigenvalue weighted by Crippen LogP contribution is 2.33. The summed E-state index contributed by atoms with van der Waals surface area (Å²) in [5.41, 5.74) is 7.71. The maximum absolute atomic E-state index is 5.59. The number of aryl methyl sites for hydroxylation is 3. The number of nitrogens with zero attached hydrogens (tertiary/aromatic N) is 2. The van der Waals surface area contributed by atoms with Gasteiger partial charge in [0.25, 0.3) is 0 Å². The predicted molar refractivity (Wildman–Crippen MR) is 65.3 cm³/mol. The quantitative estimate of drug-likeness (QED) is 0.876. The second kappa shape index (κ2) is 4.00. The Morgan fingerprint density at radius 1 is 1.13 bits per heavy atom. The summed E-state index contributed by atoms with van der Waals surface area (Å²) in [6.45, 7) is 6.65. The first-order valence-electron chi connectivity index (χ1n) is 4.72. The van der Waals surface area contributed by atoms with Gasteiger partial charge in [0.1, 0.15) is 5.01 Å². The number of aromatic nitrogens is 2. The molecule has 0 saturated heterocycles. The maximum atomic E-state index is 5.59. The monoisotopic (exact) mass is 239 g/mol. The molecule has 0 bridgehead atoms. The number of hydrogen-bond donors (Lipinski definition) is 1. The van der Waals surface area contributed by atoms with Crippen LogP contribution in [-0.2, 0) is 6.54 Å². The zero-order valence-corrected chi connectivity index (χ0v) is 10.6. The van der Waals surface area contributed by atoms with E-state index in [9.17, 15) is 0 Å². The minimum atomic E-state index is 0.516. The van der Waals surface area contributed by atoms with E-state index in [1.807, 2.05) is 13.8 Å². The van der Waals surface area contributed by atoms with E-state index in [2.05, 4.69) is 16.9 Å². The van der Waals surface area contributed by atoms with Crippen molar-refractivity contribution in [2.24, 2.45) is 5.73 Å². The normalized spacial score (nSPS) is 10.9. The summed E-state index contributed by atoms with van der Waals surface area (Å²) in [5, 5.41) is 2.08. The molecule has 2 aromatic rings. The topological polar surface area (TPSA) is 51.8 Å². The Kier molecular flexibility index (Phi) is 2.86. The van der Waals surface area contributed by atoms with Crippen LogP contribution in [0.1, 0.15) is 20.6 Å². The molecule has 0 radical (unpaired) electrons. The van der Waals surface area contributed by atoms with Gasteiger partial charge in [-0.15, -0.1) is 22.7 Å². The van der Waals surface area contributed by atoms with Crippen molar-refractivity contribution in [3.8, 4) is 10.6 Å². The summed E-state index contributed by atoms with van der Waals surface area (Å²) in [5.74, 6) is 0. The first kappa shape index (κ1) is 10.7. The molecule has 2 rings (SSSR count). The number of thiazole rings is 2. The second-order valence-electron chi connectivity index (χ2n) is 3.36. The Balaban J connectivity index is 2.53. The molecule has 2 N–H and O–H groups in total. The third-order valence-corrected chi connectivity index (χ3v) is 4.21. The van der Waals surface area contributed by atoms with Gasteiger partial charge in [-0.1, -0.05) is 0 Å². The van der Waals surface area contributed by atoms with E-state index < -0.39 is 0 Å². The maximum Gasteiger partial charge on any atom is 0.107 e. The van der Waals surface area contributed by atoms with E-state index in [1.165, 1.54) is 9.75 Å². The molecule has 0 aliphatic carbocycles. The van der Waals surface area contributed by atoms with E-state index in [1.54, 1.807) is 22.7 Å². The second-order valence-corrected chi connectivity index (χ2v) is 5.85. The molecule has 15 heavy (non-hydrogen) atoms. The van der Waals surface area contributed by atoms with Crippen molar-refractivity contribution < 1.29 is 0 Å². The van der Waals surface area contributed by atoms with Crippen molar-refractivity contribution in [2.75, 3.05) is 0 Å². The molecular weight excluding hydrogens is 226 g/mol. The molecule has 0 unspecified atom stereocenters. The third-order valence-electron chi connectivity index (χ3n) is 2.13. The van der Waals surface area contributed by atoms with Crippen LogP contribution in [0.15, 0.2) is 0 Å². The van der Waals surface area contributed by atoms with E-state index in [0.29, 0.717) is 6.54 Å². The molecule has 2 heterocycles. The fraction of sp³-hybridized carbons (Fsp3) is 0.400. The molecule has 0 aliphatic rings. The van der Waals surface area contributed by atoms with E-state index in [4.69, 9.17) is 5.73 Å². The van der Waals surface area contributed by atoms with Gasteiger partial charge in [0.05, 0.1) is 21.3 Å². The predicted octanol–water partition coefficient (Wildman–Crippen LogP) is 2.65. The van der Waals surface area contributed by atoms with E-state index in [0.717, 1.165) is 21.4 Å². The Morgan fingerprint density at radius 3 is 2.33 bits per heavy atom. The largest absolute Gasteiger partial charge is 0.325 e. The number of rotatable bonds is 2. The van der Waals surface area contributed by atoms with Gasteiger partial charge >= 0.3 is 0 Å². The number of nitrogens with two attached hydrogens (primary N) is 1. The van der Waals surface area contributed by atoms with Crippen LogP contribution in [0.5, 0.6) is 0 Å². The molecule has 0 fully saturated rings. The molecular formula is C10H13N3S2. The smallest absolute Gasteiger partial charge is 0.107 e. The lowest BCUT2D eigenvalue weighted by atomic mass is 10.3. The first-order chi connectivity index (χ1) is 7.11. The van der Waals surface area contributed by atoms with Crippen LogP contribution in [0.2, 0.25) is 0 Å². The standard InChI is InChI=1S/C10H13N3S2/c1-5-10(15-7(3)12-5)9-6(2)14-8(4-11)13-9/h4,11H2,1-3H3. The van der Waals surface area contributed by atoms with Crippen LogP contribution in [0, 0.1) is 20.8 Å². The van der Waals surface area contributed by atoms with Crippen LogP contribution in [0.4, 0.5) is 0 Å². The van der Waals surface area contributed by atoms with Gasteiger partial charge in [-0.25, -0.2) is 9.97 Å². The van der Waals surface area contributed by atoms with Crippen LogP contribution >= 0.6 is 22.7 Å². The van der Waals surface area contributed by atoms with Crippen LogP contribution < -0.4 is 5.73 Å². The van der Waals surface area contributed by atoms with Gasteiger partial charge in [0, 0.05) is 11.4 Å². The molecule has 3 nitrogen and oxygen atoms in total. The molecule has 5 heteroatoms. The summed E-state index contributed by atoms with van der Waals surface area (Å²) in [4.78, 5) is 11.4. The van der Waals surface area contributed by atoms with Crippen molar-refractivity contribution >= 4 is 22.7 Å². The van der Waals surface area contributed by atoms with Crippen molar-refractivity contribution in [1.82, 2.24) is 9.97 Å². The molecule has 0 spiro atoms. The van der Waals surface area contributed by atoms with Gasteiger partial charge < -0.3 is 5.73 Å². The Hall–Kier alpha value is -0.780. The molecule has 0 aliphatic heterocycles. The summed E-state index contributed by atoms with van der Waals surface area (Å²) in [6, 6.07) is 0. The summed E-state index contributed by atoms with van der Waals surface area (Å²) >= 11 is 3.37. The van der Waals surface area contributed by atoms with Crippen molar-refractivity contribution in [2.45, 2.75) is 27.3 Å². The van der Waals surface area contributed by atoms with Crippen molar-refractivity contribution in [3.63, 3.8) is 0 Å². The van der Waals surface area contributed by atoms with Crippen molar-refractivity contribution in [1.29, 1.82) is 0 Å². The highest BCUT2D eigenvalue weighted by Gasteiger charge is 2.14. The third kappa shape index (κ3) is 1.95. The molecule has 0 saturated carbocycles. The average molecular weight is 239 g/mol. The lowest BCUT2D eigenvalue weighted by Gasteiger charge is -1.93. The lowest BCUT2D eigenvalue weighted by molar-refractivity contribution is 1.04. The van der Waals surface area contributed by atoms with Gasteiger partial charge in [0.2, 0.25) is 0 Å². The van der Waals surface area contributed by atoms with Gasteiger partial charge in [0.15, 0.2) is 0 Å². The van der Waals surface area contributed by atoms with Gasteiger partial charge in [-0.3, -0.25) is 0 Å². The zero-order valence-electron chi connectivity index (χ0n) is 9.00. The van der Waals surface area contributed by atoms with E-state index >= 15 is 0 Å². The lowest BCUT2D eigenvalue weighted by Crippen LogP contribution is -1.94. The fourth-order valence-electron chi connectivity index (χ4n) is 1.50. The first-order valence-corrected chi connectivity index (χ1v) is 6.36. The Morgan fingerprint density at radius 2 is 1.87 bits per heavy atom. The van der Waals surface area contributed by atoms with Crippen molar-refractivity contribution in [3.05, 3.63) is 20.6 Å².